The number of benzene rings is 2. The summed E-state index contributed by atoms with van der Waals surface area (Å²) in [6.07, 6.45) is 4.04. The fourth-order valence-corrected chi connectivity index (χ4v) is 3.81. The van der Waals surface area contributed by atoms with Crippen molar-refractivity contribution in [2.24, 2.45) is 0 Å². The third-order valence-corrected chi connectivity index (χ3v) is 5.30. The van der Waals surface area contributed by atoms with E-state index < -0.39 is 0 Å². The van der Waals surface area contributed by atoms with Gasteiger partial charge in [-0.05, 0) is 24.1 Å². The summed E-state index contributed by atoms with van der Waals surface area (Å²) < 4.78 is 0. The number of pyridine rings is 1. The van der Waals surface area contributed by atoms with Crippen molar-refractivity contribution in [3.63, 3.8) is 0 Å². The number of anilines is 1. The maximum Gasteiger partial charge on any atom is 0.260 e. The highest BCUT2D eigenvalue weighted by Gasteiger charge is 2.21. The van der Waals surface area contributed by atoms with E-state index in [1.54, 1.807) is 29.4 Å². The lowest BCUT2D eigenvalue weighted by Gasteiger charge is -2.20. The molecule has 5 heteroatoms. The van der Waals surface area contributed by atoms with Crippen LogP contribution in [0.4, 0.5) is 5.13 Å². The molecule has 0 saturated carbocycles. The number of hydrogen-bond donors (Lipinski definition) is 0. The summed E-state index contributed by atoms with van der Waals surface area (Å²) in [5.41, 5.74) is 3.73. The summed E-state index contributed by atoms with van der Waals surface area (Å²) in [6, 6.07) is 23.7. The lowest BCUT2D eigenvalue weighted by molar-refractivity contribution is 0.0987. The van der Waals surface area contributed by atoms with E-state index in [-0.39, 0.29) is 5.91 Å². The van der Waals surface area contributed by atoms with E-state index in [1.165, 1.54) is 16.9 Å². The monoisotopic (exact) mass is 385 g/mol. The Morgan fingerprint density at radius 2 is 1.57 bits per heavy atom. The molecule has 0 atom stereocenters. The number of amides is 1. The molecule has 0 spiro atoms. The van der Waals surface area contributed by atoms with Gasteiger partial charge in [0.2, 0.25) is 0 Å². The average molecular weight is 385 g/mol. The molecule has 0 aliphatic heterocycles. The minimum atomic E-state index is -0.0627. The van der Waals surface area contributed by atoms with Crippen LogP contribution in [0.3, 0.4) is 0 Å². The third-order valence-electron chi connectivity index (χ3n) is 4.43. The molecule has 4 aromatic rings. The van der Waals surface area contributed by atoms with Crippen LogP contribution in [0.15, 0.2) is 90.6 Å². The summed E-state index contributed by atoms with van der Waals surface area (Å²) in [5.74, 6) is -0.0627. The summed E-state index contributed by atoms with van der Waals surface area (Å²) >= 11 is 1.49. The number of nitrogens with zero attached hydrogens (tertiary/aromatic N) is 3. The molecule has 0 N–H and O–H groups in total. The van der Waals surface area contributed by atoms with Crippen molar-refractivity contribution >= 4 is 22.4 Å². The van der Waals surface area contributed by atoms with Gasteiger partial charge in [0, 0.05) is 35.4 Å². The second-order valence-electron chi connectivity index (χ2n) is 6.31. The van der Waals surface area contributed by atoms with Crippen molar-refractivity contribution < 1.29 is 4.79 Å². The standard InChI is InChI=1S/C23H19N3OS/c27-22(20-11-14-24-15-12-20)26(16-13-18-7-3-1-4-8-18)23-25-21(17-28-23)19-9-5-2-6-10-19/h1-12,14-15,17H,13,16H2. The van der Waals surface area contributed by atoms with Gasteiger partial charge in [0.25, 0.3) is 5.91 Å². The molecule has 2 aromatic heterocycles. The maximum absolute atomic E-state index is 13.2. The van der Waals surface area contributed by atoms with Crippen molar-refractivity contribution in [3.8, 4) is 11.3 Å². The number of thiazole rings is 1. The largest absolute Gasteiger partial charge is 0.284 e. The summed E-state index contributed by atoms with van der Waals surface area (Å²) in [7, 11) is 0. The molecule has 138 valence electrons. The highest BCUT2D eigenvalue weighted by Crippen LogP contribution is 2.28. The van der Waals surface area contributed by atoms with E-state index in [9.17, 15) is 4.79 Å². The number of hydrogen-bond acceptors (Lipinski definition) is 4. The van der Waals surface area contributed by atoms with Gasteiger partial charge >= 0.3 is 0 Å². The Balaban J connectivity index is 1.63. The zero-order valence-electron chi connectivity index (χ0n) is 15.2. The van der Waals surface area contributed by atoms with E-state index in [0.717, 1.165) is 17.7 Å². The van der Waals surface area contributed by atoms with E-state index >= 15 is 0 Å². The highest BCUT2D eigenvalue weighted by molar-refractivity contribution is 7.14. The number of carbonyl (C=O) groups excluding carboxylic acids is 1. The quantitative estimate of drug-likeness (QED) is 0.464. The minimum Gasteiger partial charge on any atom is -0.284 e. The predicted molar refractivity (Wildman–Crippen MR) is 114 cm³/mol. The van der Waals surface area contributed by atoms with Crippen LogP contribution in [0.5, 0.6) is 0 Å². The first-order valence-corrected chi connectivity index (χ1v) is 9.96. The van der Waals surface area contributed by atoms with Gasteiger partial charge in [0.1, 0.15) is 0 Å². The Morgan fingerprint density at radius 1 is 0.893 bits per heavy atom. The van der Waals surface area contributed by atoms with Crippen LogP contribution in [0.2, 0.25) is 0 Å². The first kappa shape index (κ1) is 18.1. The second kappa shape index (κ2) is 8.59. The summed E-state index contributed by atoms with van der Waals surface area (Å²) in [5, 5.41) is 2.71. The smallest absolute Gasteiger partial charge is 0.260 e. The van der Waals surface area contributed by atoms with Gasteiger partial charge < -0.3 is 0 Å². The van der Waals surface area contributed by atoms with Crippen LogP contribution < -0.4 is 4.90 Å². The average Bonchev–Trinajstić information content (AvgIpc) is 3.26. The molecule has 4 nitrogen and oxygen atoms in total. The van der Waals surface area contributed by atoms with Gasteiger partial charge in [-0.15, -0.1) is 11.3 Å². The lowest BCUT2D eigenvalue weighted by atomic mass is 10.1. The molecule has 0 aliphatic rings. The van der Waals surface area contributed by atoms with Crippen LogP contribution in [0, 0.1) is 0 Å². The molecule has 28 heavy (non-hydrogen) atoms. The Bertz CT molecular complexity index is 1030. The fraction of sp³-hybridized carbons (Fsp3) is 0.0870. The SMILES string of the molecule is O=C(c1ccncc1)N(CCc1ccccc1)c1nc(-c2ccccc2)cs1. The topological polar surface area (TPSA) is 46.1 Å². The second-order valence-corrected chi connectivity index (χ2v) is 7.15. The Morgan fingerprint density at radius 3 is 2.29 bits per heavy atom. The lowest BCUT2D eigenvalue weighted by Crippen LogP contribution is -2.32. The van der Waals surface area contributed by atoms with E-state index in [4.69, 9.17) is 4.98 Å². The molecule has 0 saturated heterocycles. The van der Waals surface area contributed by atoms with Gasteiger partial charge in [0.15, 0.2) is 5.13 Å². The maximum atomic E-state index is 13.2. The van der Waals surface area contributed by atoms with Crippen molar-refractivity contribution in [1.82, 2.24) is 9.97 Å². The van der Waals surface area contributed by atoms with Crippen LogP contribution >= 0.6 is 11.3 Å². The molecule has 0 fully saturated rings. The van der Waals surface area contributed by atoms with Crippen LogP contribution in [-0.4, -0.2) is 22.4 Å². The van der Waals surface area contributed by atoms with Gasteiger partial charge in [-0.1, -0.05) is 60.7 Å². The van der Waals surface area contributed by atoms with Crippen molar-refractivity contribution in [2.75, 3.05) is 11.4 Å². The predicted octanol–water partition coefficient (Wildman–Crippen LogP) is 5.09. The minimum absolute atomic E-state index is 0.0627. The Labute approximate surface area is 168 Å². The molecule has 0 aliphatic carbocycles. The number of aromatic nitrogens is 2. The summed E-state index contributed by atoms with van der Waals surface area (Å²) in [4.78, 5) is 23.7. The van der Waals surface area contributed by atoms with Crippen molar-refractivity contribution in [3.05, 3.63) is 102 Å². The van der Waals surface area contributed by atoms with E-state index in [1.807, 2.05) is 53.9 Å². The molecule has 0 bridgehead atoms. The first-order chi connectivity index (χ1) is 13.8. The van der Waals surface area contributed by atoms with Gasteiger partial charge in [-0.25, -0.2) is 4.98 Å². The van der Waals surface area contributed by atoms with Gasteiger partial charge in [-0.2, -0.15) is 0 Å². The fourth-order valence-electron chi connectivity index (χ4n) is 2.95. The van der Waals surface area contributed by atoms with Gasteiger partial charge in [-0.3, -0.25) is 14.7 Å². The summed E-state index contributed by atoms with van der Waals surface area (Å²) in [6.45, 7) is 0.562. The van der Waals surface area contributed by atoms with Gasteiger partial charge in [0.05, 0.1) is 5.69 Å². The molecular weight excluding hydrogens is 366 g/mol. The van der Waals surface area contributed by atoms with Crippen LogP contribution in [0.25, 0.3) is 11.3 Å². The molecule has 4 rings (SSSR count). The van der Waals surface area contributed by atoms with Crippen molar-refractivity contribution in [1.29, 1.82) is 0 Å². The normalized spacial score (nSPS) is 10.6. The number of rotatable bonds is 6. The Kier molecular flexibility index (Phi) is 5.54. The highest BCUT2D eigenvalue weighted by atomic mass is 32.1. The van der Waals surface area contributed by atoms with E-state index in [0.29, 0.717) is 17.2 Å². The molecule has 2 aromatic carbocycles. The van der Waals surface area contributed by atoms with Crippen molar-refractivity contribution in [2.45, 2.75) is 6.42 Å². The molecule has 1 amide bonds. The third kappa shape index (κ3) is 4.15. The van der Waals surface area contributed by atoms with Crippen LogP contribution in [0.1, 0.15) is 15.9 Å². The Hall–Kier alpha value is -3.31. The van der Waals surface area contributed by atoms with E-state index in [2.05, 4.69) is 17.1 Å². The number of carbonyl (C=O) groups is 1. The van der Waals surface area contributed by atoms with Crippen LogP contribution in [-0.2, 0) is 6.42 Å². The molecule has 0 radical (unpaired) electrons. The molecule has 0 unspecified atom stereocenters. The molecular formula is C23H19N3OS. The zero-order valence-corrected chi connectivity index (χ0v) is 16.0. The first-order valence-electron chi connectivity index (χ1n) is 9.08. The zero-order chi connectivity index (χ0) is 19.2. The molecule has 2 heterocycles.